The minimum atomic E-state index is -0.183. The van der Waals surface area contributed by atoms with E-state index in [9.17, 15) is 4.79 Å². The van der Waals surface area contributed by atoms with Gasteiger partial charge >= 0.3 is 0 Å². The zero-order valence-electron chi connectivity index (χ0n) is 20.3. The smallest absolute Gasteiger partial charge is 0.257 e. The van der Waals surface area contributed by atoms with E-state index in [0.717, 1.165) is 11.3 Å². The molecule has 0 saturated heterocycles. The summed E-state index contributed by atoms with van der Waals surface area (Å²) in [6.07, 6.45) is 0. The van der Waals surface area contributed by atoms with E-state index in [0.29, 0.717) is 96.4 Å². The standard InChI is InChI=1S/C23H37ClN4O6S/c1-18-16-19(2-3-20(18)22(29)28-23-27-17-21(24)35-23)26-5-7-31-9-11-33-13-15-34-14-12-32-10-8-30-6-4-25/h2-3,16,21,26H,4-15,17,25H2,1H3,(H,27,28,29). The Kier molecular flexibility index (Phi) is 16.0. The van der Waals surface area contributed by atoms with Crippen LogP contribution in [0.15, 0.2) is 23.2 Å². The monoisotopic (exact) mass is 532 g/mol. The van der Waals surface area contributed by atoms with Gasteiger partial charge in [0, 0.05) is 24.3 Å². The molecule has 198 valence electrons. The molecule has 1 aromatic rings. The fraction of sp³-hybridized carbons (Fsp3) is 0.652. The maximum absolute atomic E-state index is 12.4. The Morgan fingerprint density at radius 1 is 1.00 bits per heavy atom. The van der Waals surface area contributed by atoms with Gasteiger partial charge in [-0.2, -0.15) is 0 Å². The first-order chi connectivity index (χ1) is 17.1. The number of halogens is 1. The van der Waals surface area contributed by atoms with Crippen molar-refractivity contribution in [2.75, 3.05) is 91.0 Å². The van der Waals surface area contributed by atoms with E-state index in [-0.39, 0.29) is 10.6 Å². The fourth-order valence-corrected chi connectivity index (χ4v) is 3.96. The number of hydrogen-bond donors (Lipinski definition) is 3. The van der Waals surface area contributed by atoms with Crippen LogP contribution in [0.2, 0.25) is 0 Å². The average molecular weight is 533 g/mol. The minimum absolute atomic E-state index is 0.116. The van der Waals surface area contributed by atoms with Crippen LogP contribution in [0.3, 0.4) is 0 Å². The van der Waals surface area contributed by atoms with Gasteiger partial charge in [0.05, 0.1) is 72.6 Å². The van der Waals surface area contributed by atoms with Gasteiger partial charge in [0.15, 0.2) is 5.17 Å². The van der Waals surface area contributed by atoms with Crippen LogP contribution in [-0.4, -0.2) is 101 Å². The number of amides is 1. The second-order valence-electron chi connectivity index (χ2n) is 7.43. The van der Waals surface area contributed by atoms with Crippen LogP contribution in [0.5, 0.6) is 0 Å². The van der Waals surface area contributed by atoms with E-state index in [4.69, 9.17) is 41.0 Å². The number of carbonyl (C=O) groups is 1. The van der Waals surface area contributed by atoms with Gasteiger partial charge in [0.1, 0.15) is 4.71 Å². The van der Waals surface area contributed by atoms with Crippen LogP contribution in [0, 0.1) is 6.92 Å². The van der Waals surface area contributed by atoms with Crippen molar-refractivity contribution in [2.24, 2.45) is 10.7 Å². The topological polar surface area (TPSA) is 126 Å². The number of nitrogens with one attached hydrogen (secondary N) is 2. The molecule has 12 heteroatoms. The molecule has 1 aromatic carbocycles. The Hall–Kier alpha value is -1.44. The molecule has 0 radical (unpaired) electrons. The van der Waals surface area contributed by atoms with Crippen molar-refractivity contribution in [1.29, 1.82) is 0 Å². The molecular formula is C23H37ClN4O6S. The highest BCUT2D eigenvalue weighted by atomic mass is 35.5. The first kappa shape index (κ1) is 29.8. The van der Waals surface area contributed by atoms with Crippen LogP contribution in [-0.2, 0) is 23.7 Å². The summed E-state index contributed by atoms with van der Waals surface area (Å²) in [5, 5.41) is 6.66. The number of rotatable bonds is 19. The third-order valence-corrected chi connectivity index (χ3v) is 5.90. The lowest BCUT2D eigenvalue weighted by Crippen LogP contribution is -2.28. The molecule has 1 atom stereocenters. The van der Waals surface area contributed by atoms with E-state index in [1.807, 2.05) is 19.1 Å². The van der Waals surface area contributed by atoms with Gasteiger partial charge < -0.3 is 40.1 Å². The molecule has 1 heterocycles. The molecule has 0 fully saturated rings. The normalized spacial score (nSPS) is 15.3. The molecule has 35 heavy (non-hydrogen) atoms. The third kappa shape index (κ3) is 13.4. The van der Waals surface area contributed by atoms with Crippen molar-refractivity contribution >= 4 is 40.1 Å². The quantitative estimate of drug-likeness (QED) is 0.181. The molecule has 4 N–H and O–H groups in total. The summed E-state index contributed by atoms with van der Waals surface area (Å²) >= 11 is 7.35. The fourth-order valence-electron chi connectivity index (χ4n) is 2.94. The molecule has 1 amide bonds. The highest BCUT2D eigenvalue weighted by Gasteiger charge is 2.20. The Balaban J connectivity index is 1.42. The van der Waals surface area contributed by atoms with Crippen LogP contribution >= 0.6 is 23.4 Å². The van der Waals surface area contributed by atoms with Crippen LogP contribution in [0.1, 0.15) is 15.9 Å². The second-order valence-corrected chi connectivity index (χ2v) is 9.41. The number of carbonyl (C=O) groups excluding carboxylic acids is 1. The van der Waals surface area contributed by atoms with Crippen molar-refractivity contribution in [2.45, 2.75) is 11.6 Å². The summed E-state index contributed by atoms with van der Waals surface area (Å²) in [5.74, 6) is -0.183. The summed E-state index contributed by atoms with van der Waals surface area (Å²) in [5.41, 5.74) is 7.73. The van der Waals surface area contributed by atoms with E-state index < -0.39 is 0 Å². The van der Waals surface area contributed by atoms with Gasteiger partial charge in [-0.3, -0.25) is 9.79 Å². The number of ether oxygens (including phenoxy) is 5. The molecule has 2 rings (SSSR count). The average Bonchev–Trinajstić information content (AvgIpc) is 3.25. The van der Waals surface area contributed by atoms with Crippen molar-refractivity contribution in [3.8, 4) is 0 Å². The number of benzene rings is 1. The van der Waals surface area contributed by atoms with Crippen LogP contribution < -0.4 is 16.4 Å². The Bertz CT molecular complexity index is 774. The molecule has 1 aliphatic rings. The lowest BCUT2D eigenvalue weighted by Gasteiger charge is -2.11. The number of nitrogens with zero attached hydrogens (tertiary/aromatic N) is 1. The molecule has 10 nitrogen and oxygen atoms in total. The van der Waals surface area contributed by atoms with E-state index in [2.05, 4.69) is 15.6 Å². The van der Waals surface area contributed by atoms with Crippen molar-refractivity contribution in [3.63, 3.8) is 0 Å². The van der Waals surface area contributed by atoms with E-state index >= 15 is 0 Å². The molecule has 0 bridgehead atoms. The maximum atomic E-state index is 12.4. The summed E-state index contributed by atoms with van der Waals surface area (Å²) < 4.78 is 26.9. The SMILES string of the molecule is Cc1cc(NCCOCCOCCOCCOCCOCCN)ccc1C(=O)NC1=NCC(Cl)S1. The molecular weight excluding hydrogens is 496 g/mol. The van der Waals surface area contributed by atoms with Crippen LogP contribution in [0.4, 0.5) is 5.69 Å². The number of alkyl halides is 1. The Morgan fingerprint density at radius 3 is 2.09 bits per heavy atom. The summed E-state index contributed by atoms with van der Waals surface area (Å²) in [6.45, 7) is 8.88. The molecule has 0 aliphatic carbocycles. The van der Waals surface area contributed by atoms with Crippen molar-refractivity contribution < 1.29 is 28.5 Å². The van der Waals surface area contributed by atoms with Crippen LogP contribution in [0.25, 0.3) is 0 Å². The second kappa shape index (κ2) is 18.8. The van der Waals surface area contributed by atoms with Gasteiger partial charge in [-0.25, -0.2) is 0 Å². The Labute approximate surface area is 216 Å². The lowest BCUT2D eigenvalue weighted by molar-refractivity contribution is -0.00985. The molecule has 0 saturated carbocycles. The highest BCUT2D eigenvalue weighted by molar-refractivity contribution is 8.15. The van der Waals surface area contributed by atoms with Gasteiger partial charge in [-0.05, 0) is 30.7 Å². The molecule has 1 unspecified atom stereocenters. The Morgan fingerprint density at radius 2 is 1.57 bits per heavy atom. The van der Waals surface area contributed by atoms with Crippen molar-refractivity contribution in [1.82, 2.24) is 5.32 Å². The van der Waals surface area contributed by atoms with Gasteiger partial charge in [-0.15, -0.1) is 11.6 Å². The summed E-state index contributed by atoms with van der Waals surface area (Å²) in [4.78, 5) is 16.6. The molecule has 1 aliphatic heterocycles. The molecule has 0 aromatic heterocycles. The molecule has 0 spiro atoms. The largest absolute Gasteiger partial charge is 0.383 e. The van der Waals surface area contributed by atoms with E-state index in [1.165, 1.54) is 11.8 Å². The zero-order valence-corrected chi connectivity index (χ0v) is 21.8. The third-order valence-electron chi connectivity index (χ3n) is 4.64. The number of hydrogen-bond acceptors (Lipinski definition) is 10. The number of thioether (sulfide) groups is 1. The van der Waals surface area contributed by atoms with Gasteiger partial charge in [0.25, 0.3) is 5.91 Å². The number of amidine groups is 1. The first-order valence-corrected chi connectivity index (χ1v) is 13.0. The first-order valence-electron chi connectivity index (χ1n) is 11.7. The van der Waals surface area contributed by atoms with Gasteiger partial charge in [0.2, 0.25) is 0 Å². The lowest BCUT2D eigenvalue weighted by atomic mass is 10.1. The highest BCUT2D eigenvalue weighted by Crippen LogP contribution is 2.23. The predicted octanol–water partition coefficient (Wildman–Crippen LogP) is 1.85. The minimum Gasteiger partial charge on any atom is -0.383 e. The number of aryl methyl sites for hydroxylation is 1. The predicted molar refractivity (Wildman–Crippen MR) is 140 cm³/mol. The van der Waals surface area contributed by atoms with Gasteiger partial charge in [-0.1, -0.05) is 11.8 Å². The number of nitrogens with two attached hydrogens (primary N) is 1. The number of aliphatic imine (C=N–C) groups is 1. The number of anilines is 1. The maximum Gasteiger partial charge on any atom is 0.257 e. The van der Waals surface area contributed by atoms with Crippen molar-refractivity contribution in [3.05, 3.63) is 29.3 Å². The summed E-state index contributed by atoms with van der Waals surface area (Å²) in [7, 11) is 0. The van der Waals surface area contributed by atoms with E-state index in [1.54, 1.807) is 6.07 Å². The summed E-state index contributed by atoms with van der Waals surface area (Å²) in [6, 6.07) is 5.61. The zero-order chi connectivity index (χ0) is 25.1.